The summed E-state index contributed by atoms with van der Waals surface area (Å²) >= 11 is 0. The summed E-state index contributed by atoms with van der Waals surface area (Å²) in [5, 5.41) is 11.6. The first-order valence-corrected chi connectivity index (χ1v) is 22.8. The van der Waals surface area contributed by atoms with Gasteiger partial charge >= 0.3 is 5.97 Å². The molecule has 0 saturated heterocycles. The lowest BCUT2D eigenvalue weighted by atomic mass is 10.0. The summed E-state index contributed by atoms with van der Waals surface area (Å²) in [6.07, 6.45) is 44.9. The highest BCUT2D eigenvalue weighted by molar-refractivity contribution is 5.81. The van der Waals surface area contributed by atoms with E-state index in [9.17, 15) is 9.59 Å². The highest BCUT2D eigenvalue weighted by Crippen LogP contribution is 2.19. The zero-order valence-corrected chi connectivity index (χ0v) is 34.4. The van der Waals surface area contributed by atoms with E-state index in [-0.39, 0.29) is 37.4 Å². The maximum absolute atomic E-state index is 12.7. The molecule has 0 aromatic rings. The minimum absolute atomic E-state index is 0.00831. The van der Waals surface area contributed by atoms with Gasteiger partial charge in [0.15, 0.2) is 0 Å². The Kier molecular flexibility index (Phi) is 42.3. The van der Waals surface area contributed by atoms with Crippen LogP contribution in [0.15, 0.2) is 0 Å². The predicted octanol–water partition coefficient (Wildman–Crippen LogP) is 13.1. The third-order valence-electron chi connectivity index (χ3n) is 10.4. The van der Waals surface area contributed by atoms with Crippen molar-refractivity contribution in [1.29, 1.82) is 0 Å². The fourth-order valence-electron chi connectivity index (χ4n) is 7.04. The number of ether oxygens (including phenoxy) is 2. The zero-order valence-electron chi connectivity index (χ0n) is 34.4. The van der Waals surface area contributed by atoms with Crippen LogP contribution < -0.4 is 5.32 Å². The number of aliphatic hydroxyl groups excluding tert-OH is 1. The Morgan fingerprint density at radius 1 is 0.471 bits per heavy atom. The summed E-state index contributed by atoms with van der Waals surface area (Å²) in [4.78, 5) is 24.9. The first-order valence-electron chi connectivity index (χ1n) is 22.8. The van der Waals surface area contributed by atoms with Crippen LogP contribution in [0.2, 0.25) is 0 Å². The van der Waals surface area contributed by atoms with Gasteiger partial charge in [-0.05, 0) is 32.1 Å². The molecule has 0 spiro atoms. The summed E-state index contributed by atoms with van der Waals surface area (Å²) in [5.74, 6) is -0.357. The van der Waals surface area contributed by atoms with E-state index in [0.717, 1.165) is 25.7 Å². The van der Waals surface area contributed by atoms with Crippen LogP contribution in [0.25, 0.3) is 0 Å². The van der Waals surface area contributed by atoms with Gasteiger partial charge in [0.05, 0.1) is 19.6 Å². The fourth-order valence-corrected chi connectivity index (χ4v) is 7.04. The number of hydrogen-bond acceptors (Lipinski definition) is 5. The van der Waals surface area contributed by atoms with Crippen LogP contribution in [0.3, 0.4) is 0 Å². The number of amides is 1. The van der Waals surface area contributed by atoms with Crippen LogP contribution >= 0.6 is 0 Å². The SMILES string of the molecule is CCCCCCCCCCCCCCCCCCC(CCCCCCCCCCCCCCCCC)OC(=O)CCC(=O)NCCCOCCO. The monoisotopic (exact) mass is 724 g/mol. The number of hydrogen-bond donors (Lipinski definition) is 2. The lowest BCUT2D eigenvalue weighted by Gasteiger charge is -2.18. The smallest absolute Gasteiger partial charge is 0.306 e. The van der Waals surface area contributed by atoms with Crippen molar-refractivity contribution in [1.82, 2.24) is 5.32 Å². The molecule has 0 bridgehead atoms. The number of carbonyl (C=O) groups excluding carboxylic acids is 2. The first kappa shape index (κ1) is 49.9. The van der Waals surface area contributed by atoms with E-state index in [1.807, 2.05) is 0 Å². The van der Waals surface area contributed by atoms with E-state index >= 15 is 0 Å². The molecule has 0 aliphatic rings. The van der Waals surface area contributed by atoms with Crippen molar-refractivity contribution in [3.63, 3.8) is 0 Å². The highest BCUT2D eigenvalue weighted by atomic mass is 16.5. The van der Waals surface area contributed by atoms with Gasteiger partial charge in [-0.2, -0.15) is 0 Å². The van der Waals surface area contributed by atoms with Gasteiger partial charge in [0.25, 0.3) is 0 Å². The second-order valence-corrected chi connectivity index (χ2v) is 15.5. The summed E-state index contributed by atoms with van der Waals surface area (Å²) in [5.41, 5.74) is 0. The van der Waals surface area contributed by atoms with Gasteiger partial charge in [0, 0.05) is 19.6 Å². The summed E-state index contributed by atoms with van der Waals surface area (Å²) in [6, 6.07) is 0. The van der Waals surface area contributed by atoms with Gasteiger partial charge in [-0.15, -0.1) is 0 Å². The van der Waals surface area contributed by atoms with Gasteiger partial charge in [-0.25, -0.2) is 0 Å². The molecule has 0 aromatic heterocycles. The number of carbonyl (C=O) groups is 2. The number of unbranched alkanes of at least 4 members (excludes halogenated alkanes) is 29. The third-order valence-corrected chi connectivity index (χ3v) is 10.4. The van der Waals surface area contributed by atoms with Crippen molar-refractivity contribution in [3.8, 4) is 0 Å². The third kappa shape index (κ3) is 41.5. The highest BCUT2D eigenvalue weighted by Gasteiger charge is 2.15. The van der Waals surface area contributed by atoms with E-state index < -0.39 is 0 Å². The molecule has 304 valence electrons. The zero-order chi connectivity index (χ0) is 37.1. The average molecular weight is 724 g/mol. The Bertz CT molecular complexity index is 702. The van der Waals surface area contributed by atoms with E-state index in [1.165, 1.54) is 186 Å². The van der Waals surface area contributed by atoms with Gasteiger partial charge < -0.3 is 19.9 Å². The standard InChI is InChI=1S/C45H89NO5/c1-3-5-7-9-11-13-15-17-19-21-23-25-27-29-31-33-36-43(51-45(49)38-37-44(48)46-39-34-41-50-42-40-47)35-32-30-28-26-24-22-20-18-16-14-12-10-8-6-4-2/h43,47H,3-42H2,1-2H3,(H,46,48). The molecule has 0 aromatic carbocycles. The van der Waals surface area contributed by atoms with Crippen LogP contribution in [0.1, 0.15) is 245 Å². The van der Waals surface area contributed by atoms with Crippen LogP contribution in [-0.2, 0) is 19.1 Å². The Labute approximate surface area is 318 Å². The summed E-state index contributed by atoms with van der Waals surface area (Å²) in [7, 11) is 0. The molecule has 6 nitrogen and oxygen atoms in total. The minimum atomic E-state index is -0.237. The number of aliphatic hydroxyl groups is 1. The Morgan fingerprint density at radius 3 is 1.18 bits per heavy atom. The Balaban J connectivity index is 4.13. The molecule has 1 unspecified atom stereocenters. The molecule has 51 heavy (non-hydrogen) atoms. The van der Waals surface area contributed by atoms with Crippen molar-refractivity contribution >= 4 is 11.9 Å². The predicted molar refractivity (Wildman–Crippen MR) is 218 cm³/mol. The normalized spacial score (nSPS) is 12.0. The van der Waals surface area contributed by atoms with Crippen LogP contribution in [0.4, 0.5) is 0 Å². The largest absolute Gasteiger partial charge is 0.462 e. The maximum atomic E-state index is 12.7. The van der Waals surface area contributed by atoms with Crippen molar-refractivity contribution in [2.24, 2.45) is 0 Å². The molecule has 0 aliphatic carbocycles. The van der Waals surface area contributed by atoms with Crippen LogP contribution in [-0.4, -0.2) is 49.5 Å². The van der Waals surface area contributed by atoms with Crippen molar-refractivity contribution in [2.45, 2.75) is 251 Å². The van der Waals surface area contributed by atoms with Gasteiger partial charge in [0.2, 0.25) is 5.91 Å². The van der Waals surface area contributed by atoms with Crippen molar-refractivity contribution in [2.75, 3.05) is 26.4 Å². The Hall–Kier alpha value is -1.14. The lowest BCUT2D eigenvalue weighted by Crippen LogP contribution is -2.26. The van der Waals surface area contributed by atoms with Crippen molar-refractivity contribution in [3.05, 3.63) is 0 Å². The number of nitrogens with one attached hydrogen (secondary N) is 1. The van der Waals surface area contributed by atoms with Crippen LogP contribution in [0, 0.1) is 0 Å². The first-order chi connectivity index (χ1) is 25.1. The molecule has 0 fully saturated rings. The topological polar surface area (TPSA) is 84.9 Å². The minimum Gasteiger partial charge on any atom is -0.462 e. The molecular weight excluding hydrogens is 634 g/mol. The molecule has 2 N–H and O–H groups in total. The molecule has 0 saturated carbocycles. The van der Waals surface area contributed by atoms with Crippen LogP contribution in [0.5, 0.6) is 0 Å². The second kappa shape index (κ2) is 43.3. The summed E-state index contributed by atoms with van der Waals surface area (Å²) in [6.45, 7) is 5.92. The molecule has 0 heterocycles. The van der Waals surface area contributed by atoms with E-state index in [2.05, 4.69) is 19.2 Å². The molecule has 0 aliphatic heterocycles. The Morgan fingerprint density at radius 2 is 0.824 bits per heavy atom. The number of rotatable bonds is 43. The average Bonchev–Trinajstić information content (AvgIpc) is 3.13. The lowest BCUT2D eigenvalue weighted by molar-refractivity contribution is -0.151. The van der Waals surface area contributed by atoms with Crippen molar-refractivity contribution < 1.29 is 24.2 Å². The number of esters is 1. The van der Waals surface area contributed by atoms with Gasteiger partial charge in [0.1, 0.15) is 6.10 Å². The van der Waals surface area contributed by atoms with Gasteiger partial charge in [-0.1, -0.05) is 200 Å². The molecule has 1 atom stereocenters. The molecule has 6 heteroatoms. The van der Waals surface area contributed by atoms with E-state index in [4.69, 9.17) is 14.6 Å². The molecular formula is C45H89NO5. The second-order valence-electron chi connectivity index (χ2n) is 15.5. The fraction of sp³-hybridized carbons (Fsp3) is 0.956. The molecule has 0 rings (SSSR count). The quantitative estimate of drug-likeness (QED) is 0.0483. The molecule has 0 radical (unpaired) electrons. The van der Waals surface area contributed by atoms with E-state index in [1.54, 1.807) is 0 Å². The molecule has 1 amide bonds. The summed E-state index contributed by atoms with van der Waals surface area (Å²) < 4.78 is 11.2. The van der Waals surface area contributed by atoms with Gasteiger partial charge in [-0.3, -0.25) is 9.59 Å². The van der Waals surface area contributed by atoms with E-state index in [0.29, 0.717) is 26.2 Å². The maximum Gasteiger partial charge on any atom is 0.306 e.